The number of hydrogen-bond acceptors (Lipinski definition) is 8. The lowest BCUT2D eigenvalue weighted by Crippen LogP contribution is -2.17. The van der Waals surface area contributed by atoms with Gasteiger partial charge in [-0.2, -0.15) is 9.61 Å². The summed E-state index contributed by atoms with van der Waals surface area (Å²) >= 11 is 1.34. The van der Waals surface area contributed by atoms with Crippen LogP contribution in [0.3, 0.4) is 0 Å². The van der Waals surface area contributed by atoms with E-state index in [0.29, 0.717) is 27.7 Å². The van der Waals surface area contributed by atoms with E-state index >= 15 is 0 Å². The van der Waals surface area contributed by atoms with Crippen molar-refractivity contribution >= 4 is 33.9 Å². The minimum atomic E-state index is -0.605. The molecule has 0 radical (unpaired) electrons. The molecule has 4 aromatic rings. The van der Waals surface area contributed by atoms with Crippen LogP contribution in [0.25, 0.3) is 4.96 Å². The Kier molecular flexibility index (Phi) is 6.98. The Labute approximate surface area is 199 Å². The van der Waals surface area contributed by atoms with E-state index in [9.17, 15) is 14.4 Å². The summed E-state index contributed by atoms with van der Waals surface area (Å²) in [6.07, 6.45) is 1.68. The highest BCUT2D eigenvalue weighted by atomic mass is 32.1. The molecule has 1 N–H and O–H groups in total. The van der Waals surface area contributed by atoms with Gasteiger partial charge in [0.1, 0.15) is 17.4 Å². The van der Waals surface area contributed by atoms with Gasteiger partial charge < -0.3 is 14.8 Å². The number of anilines is 1. The van der Waals surface area contributed by atoms with Gasteiger partial charge in [0.05, 0.1) is 23.9 Å². The van der Waals surface area contributed by atoms with Crippen molar-refractivity contribution in [2.75, 3.05) is 12.4 Å². The summed E-state index contributed by atoms with van der Waals surface area (Å²) in [4.78, 5) is 42.4. The molecule has 0 bridgehead atoms. The summed E-state index contributed by atoms with van der Waals surface area (Å²) in [6, 6.07) is 14.5. The van der Waals surface area contributed by atoms with Crippen LogP contribution in [0.2, 0.25) is 0 Å². The number of aromatic nitrogens is 3. The lowest BCUT2D eigenvalue weighted by Gasteiger charge is -2.10. The first kappa shape index (κ1) is 23.1. The van der Waals surface area contributed by atoms with Crippen LogP contribution < -0.4 is 15.6 Å². The number of benzene rings is 2. The Morgan fingerprint density at radius 1 is 1.12 bits per heavy atom. The molecule has 0 fully saturated rings. The van der Waals surface area contributed by atoms with Gasteiger partial charge in [-0.3, -0.25) is 9.59 Å². The minimum Gasteiger partial charge on any atom is -0.496 e. The lowest BCUT2D eigenvalue weighted by molar-refractivity contribution is 0.0467. The number of nitrogens with one attached hydrogen (secondary N) is 1. The Bertz CT molecular complexity index is 1410. The van der Waals surface area contributed by atoms with Crippen LogP contribution in [-0.4, -0.2) is 33.6 Å². The highest BCUT2D eigenvalue weighted by Crippen LogP contribution is 2.20. The topological polar surface area (TPSA) is 112 Å². The van der Waals surface area contributed by atoms with Crippen molar-refractivity contribution in [3.05, 3.63) is 86.8 Å². The zero-order valence-electron chi connectivity index (χ0n) is 18.6. The molecule has 4 rings (SSSR count). The van der Waals surface area contributed by atoms with Crippen LogP contribution in [0.15, 0.2) is 59.4 Å². The average molecular weight is 479 g/mol. The van der Waals surface area contributed by atoms with E-state index < -0.39 is 5.97 Å². The molecule has 0 aliphatic rings. The molecule has 0 aliphatic heterocycles. The van der Waals surface area contributed by atoms with Gasteiger partial charge in [-0.25, -0.2) is 9.78 Å². The number of methoxy groups -OCH3 is 1. The highest BCUT2D eigenvalue weighted by molar-refractivity contribution is 7.16. The Morgan fingerprint density at radius 3 is 2.74 bits per heavy atom. The fourth-order valence-corrected chi connectivity index (χ4v) is 4.28. The fraction of sp³-hybridized carbons (Fsp3) is 0.208. The van der Waals surface area contributed by atoms with Crippen molar-refractivity contribution in [3.63, 3.8) is 0 Å². The quantitative estimate of drug-likeness (QED) is 0.384. The van der Waals surface area contributed by atoms with Crippen LogP contribution in [0, 0.1) is 0 Å². The maximum atomic E-state index is 12.6. The van der Waals surface area contributed by atoms with E-state index in [0.717, 1.165) is 17.8 Å². The first-order valence-corrected chi connectivity index (χ1v) is 11.4. The molecule has 2 aromatic heterocycles. The monoisotopic (exact) mass is 478 g/mol. The molecular formula is C24H22N4O5S. The molecule has 0 unspecified atom stereocenters. The molecule has 9 nitrogen and oxygen atoms in total. The van der Waals surface area contributed by atoms with Crippen molar-refractivity contribution in [2.24, 2.45) is 0 Å². The van der Waals surface area contributed by atoms with E-state index in [1.807, 2.05) is 6.92 Å². The molecule has 0 saturated heterocycles. The maximum Gasteiger partial charge on any atom is 0.338 e. The van der Waals surface area contributed by atoms with E-state index in [4.69, 9.17) is 9.47 Å². The van der Waals surface area contributed by atoms with E-state index in [2.05, 4.69) is 15.4 Å². The Morgan fingerprint density at radius 2 is 1.94 bits per heavy atom. The van der Waals surface area contributed by atoms with E-state index in [1.54, 1.807) is 42.5 Å². The van der Waals surface area contributed by atoms with Crippen molar-refractivity contribution in [2.45, 2.75) is 26.4 Å². The second-order valence-electron chi connectivity index (χ2n) is 7.34. The van der Waals surface area contributed by atoms with Crippen LogP contribution in [0.1, 0.15) is 44.8 Å². The van der Waals surface area contributed by atoms with Gasteiger partial charge in [-0.1, -0.05) is 36.5 Å². The summed E-state index contributed by atoms with van der Waals surface area (Å²) in [5.74, 6) is -0.530. The normalized spacial score (nSPS) is 10.8. The van der Waals surface area contributed by atoms with Crippen LogP contribution >= 0.6 is 11.3 Å². The second-order valence-corrected chi connectivity index (χ2v) is 8.38. The van der Waals surface area contributed by atoms with Gasteiger partial charge in [0, 0.05) is 18.2 Å². The Balaban J connectivity index is 1.44. The van der Waals surface area contributed by atoms with Crippen molar-refractivity contribution in [1.29, 1.82) is 0 Å². The number of aryl methyl sites for hydroxylation is 1. The number of para-hydroxylation sites is 1. The van der Waals surface area contributed by atoms with E-state index in [-0.39, 0.29) is 23.6 Å². The number of hydrogen-bond donors (Lipinski definition) is 1. The molecule has 2 heterocycles. The van der Waals surface area contributed by atoms with Crippen LogP contribution in [0.4, 0.5) is 5.69 Å². The number of esters is 1. The molecule has 10 heteroatoms. The van der Waals surface area contributed by atoms with Gasteiger partial charge in [0.25, 0.3) is 11.5 Å². The van der Waals surface area contributed by atoms with Crippen LogP contribution in [0.5, 0.6) is 5.75 Å². The predicted molar refractivity (Wildman–Crippen MR) is 128 cm³/mol. The number of amides is 1. The largest absolute Gasteiger partial charge is 0.496 e. The zero-order chi connectivity index (χ0) is 24.1. The molecule has 0 saturated carbocycles. The average Bonchev–Trinajstić information content (AvgIpc) is 3.26. The van der Waals surface area contributed by atoms with Crippen molar-refractivity contribution in [3.8, 4) is 5.75 Å². The Hall–Kier alpha value is -4.05. The standard InChI is InChI=1S/C24H22N4O5S/c1-3-7-20-27-28-21(29)13-17(26-24(28)34-20)14-33-23(31)15-8-6-9-16(12-15)25-22(30)18-10-4-5-11-19(18)32-2/h4-6,8-13H,3,7,14H2,1-2H3,(H,25,30). The SMILES string of the molecule is CCCc1nn2c(=O)cc(COC(=O)c3cccc(NC(=O)c4ccccc4OC)c3)nc2s1. The second kappa shape index (κ2) is 10.3. The summed E-state index contributed by atoms with van der Waals surface area (Å²) in [7, 11) is 1.49. The highest BCUT2D eigenvalue weighted by Gasteiger charge is 2.15. The summed E-state index contributed by atoms with van der Waals surface area (Å²) in [6.45, 7) is 1.87. The smallest absolute Gasteiger partial charge is 0.338 e. The van der Waals surface area contributed by atoms with Gasteiger partial charge in [-0.05, 0) is 36.8 Å². The first-order chi connectivity index (χ1) is 16.5. The van der Waals surface area contributed by atoms with Gasteiger partial charge >= 0.3 is 5.97 Å². The van der Waals surface area contributed by atoms with E-state index in [1.165, 1.54) is 35.1 Å². The summed E-state index contributed by atoms with van der Waals surface area (Å²) in [5, 5.41) is 7.84. The molecule has 34 heavy (non-hydrogen) atoms. The van der Waals surface area contributed by atoms with Crippen molar-refractivity contribution in [1.82, 2.24) is 14.6 Å². The number of fused-ring (bicyclic) bond motifs is 1. The molecule has 0 spiro atoms. The van der Waals surface area contributed by atoms with Gasteiger partial charge in [-0.15, -0.1) is 0 Å². The molecule has 174 valence electrons. The summed E-state index contributed by atoms with van der Waals surface area (Å²) < 4.78 is 11.8. The molecule has 0 aliphatic carbocycles. The predicted octanol–water partition coefficient (Wildman–Crippen LogP) is 3.72. The molecule has 2 aromatic carbocycles. The number of ether oxygens (including phenoxy) is 2. The number of nitrogens with zero attached hydrogens (tertiary/aromatic N) is 3. The third-order valence-electron chi connectivity index (χ3n) is 4.86. The van der Waals surface area contributed by atoms with Crippen molar-refractivity contribution < 1.29 is 19.1 Å². The first-order valence-electron chi connectivity index (χ1n) is 10.6. The number of carbonyl (C=O) groups is 2. The van der Waals surface area contributed by atoms with Gasteiger partial charge in [0.15, 0.2) is 0 Å². The van der Waals surface area contributed by atoms with Crippen LogP contribution in [-0.2, 0) is 17.8 Å². The molecular weight excluding hydrogens is 456 g/mol. The minimum absolute atomic E-state index is 0.163. The lowest BCUT2D eigenvalue weighted by atomic mass is 10.1. The van der Waals surface area contributed by atoms with Gasteiger partial charge in [0.2, 0.25) is 4.96 Å². The third-order valence-corrected chi connectivity index (χ3v) is 5.83. The number of carbonyl (C=O) groups excluding carboxylic acids is 2. The summed E-state index contributed by atoms with van der Waals surface area (Å²) in [5.41, 5.74) is 1.06. The third kappa shape index (κ3) is 5.12. The fourth-order valence-electron chi connectivity index (χ4n) is 3.26. The molecule has 0 atom stereocenters. The zero-order valence-corrected chi connectivity index (χ0v) is 19.4. The maximum absolute atomic E-state index is 12.6. The number of rotatable bonds is 8. The molecule has 1 amide bonds.